The zero-order valence-electron chi connectivity index (χ0n) is 11.7. The molecule has 1 aliphatic rings. The second-order valence-electron chi connectivity index (χ2n) is 4.93. The maximum Gasteiger partial charge on any atom is 0.334 e. The Morgan fingerprint density at radius 1 is 1.15 bits per heavy atom. The van der Waals surface area contributed by atoms with E-state index in [9.17, 15) is 9.59 Å². The molecule has 0 radical (unpaired) electrons. The summed E-state index contributed by atoms with van der Waals surface area (Å²) >= 11 is 1.39. The van der Waals surface area contributed by atoms with Gasteiger partial charge >= 0.3 is 6.03 Å². The van der Waals surface area contributed by atoms with Crippen molar-refractivity contribution < 1.29 is 9.59 Å². The molecule has 0 saturated heterocycles. The first-order valence-electron chi connectivity index (χ1n) is 6.96. The van der Waals surface area contributed by atoms with Crippen molar-refractivity contribution >= 4 is 23.9 Å². The van der Waals surface area contributed by atoms with Crippen LogP contribution in [0.15, 0.2) is 30.3 Å². The third-order valence-electron chi connectivity index (χ3n) is 3.56. The third kappa shape index (κ3) is 3.76. The smallest absolute Gasteiger partial charge is 0.273 e. The van der Waals surface area contributed by atoms with Crippen molar-refractivity contribution in [3.05, 3.63) is 35.9 Å². The molecule has 1 saturated carbocycles. The molecule has 0 spiro atoms. The topological polar surface area (TPSA) is 49.4 Å². The highest BCUT2D eigenvalue weighted by molar-refractivity contribution is 7.96. The van der Waals surface area contributed by atoms with Crippen LogP contribution in [0.2, 0.25) is 0 Å². The number of hydrogen-bond acceptors (Lipinski definition) is 3. The van der Waals surface area contributed by atoms with Gasteiger partial charge in [-0.15, -0.1) is 0 Å². The highest BCUT2D eigenvalue weighted by Gasteiger charge is 2.26. The van der Waals surface area contributed by atoms with Gasteiger partial charge in [-0.1, -0.05) is 37.5 Å². The predicted molar refractivity (Wildman–Crippen MR) is 81.5 cm³/mol. The lowest BCUT2D eigenvalue weighted by atomic mass is 9.96. The monoisotopic (exact) mass is 292 g/mol. The SMILES string of the molecule is CSN(C(=O)NC(=O)c1ccccc1)C1CCCCC1. The molecule has 1 aromatic rings. The van der Waals surface area contributed by atoms with E-state index in [0.717, 1.165) is 25.7 Å². The number of amides is 3. The Hall–Kier alpha value is -1.49. The van der Waals surface area contributed by atoms with Crippen LogP contribution in [-0.4, -0.2) is 28.5 Å². The molecule has 1 fully saturated rings. The largest absolute Gasteiger partial charge is 0.334 e. The van der Waals surface area contributed by atoms with E-state index in [1.54, 1.807) is 28.6 Å². The van der Waals surface area contributed by atoms with Crippen molar-refractivity contribution in [3.8, 4) is 0 Å². The van der Waals surface area contributed by atoms with Crippen molar-refractivity contribution in [1.82, 2.24) is 9.62 Å². The summed E-state index contributed by atoms with van der Waals surface area (Å²) in [5, 5.41) is 2.47. The summed E-state index contributed by atoms with van der Waals surface area (Å²) in [5.74, 6) is -0.342. The molecule has 0 atom stereocenters. The number of nitrogens with one attached hydrogen (secondary N) is 1. The van der Waals surface area contributed by atoms with E-state index in [0.29, 0.717) is 5.56 Å². The highest BCUT2D eigenvalue weighted by Crippen LogP contribution is 2.26. The molecular formula is C15H20N2O2S. The average molecular weight is 292 g/mol. The molecule has 0 aliphatic heterocycles. The van der Waals surface area contributed by atoms with Gasteiger partial charge in [0.2, 0.25) is 0 Å². The number of urea groups is 1. The number of imide groups is 1. The van der Waals surface area contributed by atoms with Gasteiger partial charge in [0.25, 0.3) is 5.91 Å². The Bertz CT molecular complexity index is 458. The third-order valence-corrected chi connectivity index (χ3v) is 4.42. The van der Waals surface area contributed by atoms with Crippen molar-refractivity contribution in [2.75, 3.05) is 6.26 Å². The minimum atomic E-state index is -0.342. The van der Waals surface area contributed by atoms with Gasteiger partial charge in [-0.25, -0.2) is 4.79 Å². The second-order valence-corrected chi connectivity index (χ2v) is 5.68. The number of carbonyl (C=O) groups is 2. The zero-order valence-corrected chi connectivity index (χ0v) is 12.5. The maximum absolute atomic E-state index is 12.2. The highest BCUT2D eigenvalue weighted by atomic mass is 32.2. The Morgan fingerprint density at radius 2 is 1.80 bits per heavy atom. The standard InChI is InChI=1S/C15H20N2O2S/c1-20-17(13-10-6-3-7-11-13)15(19)16-14(18)12-8-4-2-5-9-12/h2,4-5,8-9,13H,3,6-7,10-11H2,1H3,(H,16,18,19). The molecule has 5 heteroatoms. The molecule has 0 unspecified atom stereocenters. The van der Waals surface area contributed by atoms with Crippen LogP contribution < -0.4 is 5.32 Å². The van der Waals surface area contributed by atoms with Crippen molar-refractivity contribution in [2.45, 2.75) is 38.1 Å². The minimum Gasteiger partial charge on any atom is -0.273 e. The minimum absolute atomic E-state index is 0.238. The first kappa shape index (κ1) is 14.9. The molecule has 1 N–H and O–H groups in total. The summed E-state index contributed by atoms with van der Waals surface area (Å²) in [7, 11) is 0. The number of rotatable bonds is 3. The molecule has 0 heterocycles. The fourth-order valence-electron chi connectivity index (χ4n) is 2.53. The van der Waals surface area contributed by atoms with Crippen molar-refractivity contribution in [3.63, 3.8) is 0 Å². The summed E-state index contributed by atoms with van der Waals surface area (Å²) in [6, 6.07) is 8.74. The fourth-order valence-corrected chi connectivity index (χ4v) is 3.25. The van der Waals surface area contributed by atoms with E-state index >= 15 is 0 Å². The van der Waals surface area contributed by atoms with E-state index in [2.05, 4.69) is 5.32 Å². The Balaban J connectivity index is 1.97. The zero-order chi connectivity index (χ0) is 14.4. The molecule has 4 nitrogen and oxygen atoms in total. The lowest BCUT2D eigenvalue weighted by Gasteiger charge is -2.31. The van der Waals surface area contributed by atoms with Crippen molar-refractivity contribution in [1.29, 1.82) is 0 Å². The first-order valence-corrected chi connectivity index (χ1v) is 8.14. The van der Waals surface area contributed by atoms with Gasteiger partial charge in [-0.2, -0.15) is 0 Å². The quantitative estimate of drug-likeness (QED) is 0.868. The van der Waals surface area contributed by atoms with Crippen LogP contribution in [0.25, 0.3) is 0 Å². The van der Waals surface area contributed by atoms with Crippen LogP contribution in [0.1, 0.15) is 42.5 Å². The molecule has 0 aromatic heterocycles. The summed E-state index contributed by atoms with van der Waals surface area (Å²) in [6.45, 7) is 0. The van der Waals surface area contributed by atoms with Gasteiger partial charge in [0.05, 0.1) is 0 Å². The summed E-state index contributed by atoms with van der Waals surface area (Å²) in [6.07, 6.45) is 7.47. The van der Waals surface area contributed by atoms with Crippen LogP contribution in [0.4, 0.5) is 4.79 Å². The molecule has 3 amide bonds. The lowest BCUT2D eigenvalue weighted by Crippen LogP contribution is -2.44. The Morgan fingerprint density at radius 3 is 2.40 bits per heavy atom. The van der Waals surface area contributed by atoms with Gasteiger partial charge in [0, 0.05) is 17.9 Å². The van der Waals surface area contributed by atoms with E-state index < -0.39 is 0 Å². The van der Waals surface area contributed by atoms with Crippen LogP contribution in [-0.2, 0) is 0 Å². The summed E-state index contributed by atoms with van der Waals surface area (Å²) < 4.78 is 1.71. The summed E-state index contributed by atoms with van der Waals surface area (Å²) in [5.41, 5.74) is 0.505. The van der Waals surface area contributed by atoms with Gasteiger partial charge in [-0.3, -0.25) is 14.4 Å². The second kappa shape index (κ2) is 7.33. The van der Waals surface area contributed by atoms with Gasteiger partial charge in [0.1, 0.15) is 0 Å². The van der Waals surface area contributed by atoms with E-state index in [4.69, 9.17) is 0 Å². The summed E-state index contributed by atoms with van der Waals surface area (Å²) in [4.78, 5) is 24.2. The van der Waals surface area contributed by atoms with Gasteiger partial charge in [0.15, 0.2) is 0 Å². The van der Waals surface area contributed by atoms with E-state index in [-0.39, 0.29) is 18.0 Å². The van der Waals surface area contributed by atoms with Crippen LogP contribution >= 0.6 is 11.9 Å². The first-order chi connectivity index (χ1) is 9.72. The van der Waals surface area contributed by atoms with E-state index in [1.165, 1.54) is 18.4 Å². The van der Waals surface area contributed by atoms with Crippen molar-refractivity contribution in [2.24, 2.45) is 0 Å². The normalized spacial score (nSPS) is 15.7. The number of hydrogen-bond donors (Lipinski definition) is 1. The maximum atomic E-state index is 12.2. The Kier molecular flexibility index (Phi) is 5.47. The molecule has 2 rings (SSSR count). The van der Waals surface area contributed by atoms with Crippen LogP contribution in [0, 0.1) is 0 Å². The fraction of sp³-hybridized carbons (Fsp3) is 0.467. The molecule has 108 valence electrons. The van der Waals surface area contributed by atoms with Gasteiger partial charge in [-0.05, 0) is 36.9 Å². The van der Waals surface area contributed by atoms with Crippen LogP contribution in [0.5, 0.6) is 0 Å². The van der Waals surface area contributed by atoms with E-state index in [1.807, 2.05) is 12.3 Å². The molecule has 1 aromatic carbocycles. The number of benzene rings is 1. The average Bonchev–Trinajstić information content (AvgIpc) is 2.50. The molecule has 20 heavy (non-hydrogen) atoms. The molecule has 0 bridgehead atoms. The molecular weight excluding hydrogens is 272 g/mol. The number of carbonyl (C=O) groups excluding carboxylic acids is 2. The Labute approximate surface area is 124 Å². The van der Waals surface area contributed by atoms with Gasteiger partial charge < -0.3 is 0 Å². The predicted octanol–water partition coefficient (Wildman–Crippen LogP) is 3.45. The lowest BCUT2D eigenvalue weighted by molar-refractivity contribution is 0.0956. The van der Waals surface area contributed by atoms with Crippen LogP contribution in [0.3, 0.4) is 0 Å². The number of nitrogens with zero attached hydrogens (tertiary/aromatic N) is 1. The molecule has 1 aliphatic carbocycles.